The smallest absolute Gasteiger partial charge is 0.329 e. The number of amides is 2. The maximum absolute atomic E-state index is 12.2. The number of hydrogen-bond donors (Lipinski definition) is 2. The Labute approximate surface area is 127 Å². The highest BCUT2D eigenvalue weighted by Gasteiger charge is 2.43. The molecule has 1 aliphatic carbocycles. The number of carbonyl (C=O) groups excluding carboxylic acids is 2. The summed E-state index contributed by atoms with van der Waals surface area (Å²) >= 11 is 0. The van der Waals surface area contributed by atoms with Crippen molar-refractivity contribution in [2.24, 2.45) is 0 Å². The monoisotopic (exact) mass is 309 g/mol. The molecule has 0 radical (unpaired) electrons. The standard InChI is InChI=1S/C13H19N5O4/c1-17(2)10(19)8-18-7-9(15-16-18)11(20)14-13(12(21)22)5-3-4-6-13/h7H,3-6,8H2,1-2H3,(H,14,20)(H,21,22). The number of rotatable bonds is 5. The van der Waals surface area contributed by atoms with E-state index in [1.54, 1.807) is 14.1 Å². The predicted octanol–water partition coefficient (Wildman–Crippen LogP) is -0.506. The molecule has 0 bridgehead atoms. The van der Waals surface area contributed by atoms with Gasteiger partial charge in [0.05, 0.1) is 6.20 Å². The molecule has 2 amide bonds. The molecular formula is C13H19N5O4. The van der Waals surface area contributed by atoms with Crippen LogP contribution >= 0.6 is 0 Å². The van der Waals surface area contributed by atoms with Crippen LogP contribution in [-0.4, -0.2) is 62.4 Å². The summed E-state index contributed by atoms with van der Waals surface area (Å²) in [5.74, 6) is -1.81. The Hall–Kier alpha value is -2.45. The van der Waals surface area contributed by atoms with E-state index < -0.39 is 17.4 Å². The average molecular weight is 309 g/mol. The van der Waals surface area contributed by atoms with Gasteiger partial charge in [-0.1, -0.05) is 18.1 Å². The van der Waals surface area contributed by atoms with Crippen LogP contribution < -0.4 is 5.32 Å². The first kappa shape index (κ1) is 15.9. The first-order valence-electron chi connectivity index (χ1n) is 7.00. The summed E-state index contributed by atoms with van der Waals surface area (Å²) in [4.78, 5) is 36.5. The molecule has 0 spiro atoms. The van der Waals surface area contributed by atoms with Crippen molar-refractivity contribution >= 4 is 17.8 Å². The van der Waals surface area contributed by atoms with Gasteiger partial charge in [-0.2, -0.15) is 0 Å². The minimum Gasteiger partial charge on any atom is -0.480 e. The number of hydrogen-bond acceptors (Lipinski definition) is 5. The van der Waals surface area contributed by atoms with Gasteiger partial charge in [0.2, 0.25) is 5.91 Å². The highest BCUT2D eigenvalue weighted by Crippen LogP contribution is 2.30. The number of nitrogens with one attached hydrogen (secondary N) is 1. The van der Waals surface area contributed by atoms with E-state index in [0.717, 1.165) is 12.8 Å². The van der Waals surface area contributed by atoms with Crippen LogP contribution in [0.2, 0.25) is 0 Å². The summed E-state index contributed by atoms with van der Waals surface area (Å²) in [5, 5.41) is 19.3. The molecule has 2 N–H and O–H groups in total. The Kier molecular flexibility index (Phi) is 4.43. The van der Waals surface area contributed by atoms with Crippen LogP contribution in [0.1, 0.15) is 36.2 Å². The third kappa shape index (κ3) is 3.23. The molecule has 1 aromatic heterocycles. The zero-order valence-corrected chi connectivity index (χ0v) is 12.6. The van der Waals surface area contributed by atoms with E-state index >= 15 is 0 Å². The highest BCUT2D eigenvalue weighted by atomic mass is 16.4. The van der Waals surface area contributed by atoms with Crippen molar-refractivity contribution in [1.82, 2.24) is 25.2 Å². The Bertz CT molecular complexity index is 589. The number of carbonyl (C=O) groups is 3. The van der Waals surface area contributed by atoms with E-state index in [9.17, 15) is 19.5 Å². The fraction of sp³-hybridized carbons (Fsp3) is 0.615. The molecule has 1 heterocycles. The maximum Gasteiger partial charge on any atom is 0.329 e. The first-order chi connectivity index (χ1) is 10.3. The zero-order chi connectivity index (χ0) is 16.3. The minimum absolute atomic E-state index is 0.000851. The Morgan fingerprint density at radius 2 is 2.00 bits per heavy atom. The molecule has 22 heavy (non-hydrogen) atoms. The first-order valence-corrected chi connectivity index (χ1v) is 7.00. The lowest BCUT2D eigenvalue weighted by molar-refractivity contribution is -0.144. The van der Waals surface area contributed by atoms with Crippen LogP contribution in [0.3, 0.4) is 0 Å². The van der Waals surface area contributed by atoms with Gasteiger partial charge in [0.15, 0.2) is 5.69 Å². The molecule has 1 saturated carbocycles. The predicted molar refractivity (Wildman–Crippen MR) is 75.0 cm³/mol. The number of likely N-dealkylation sites (N-methyl/N-ethyl adjacent to an activating group) is 1. The van der Waals surface area contributed by atoms with Crippen LogP contribution in [0.15, 0.2) is 6.20 Å². The van der Waals surface area contributed by atoms with Crippen molar-refractivity contribution in [3.63, 3.8) is 0 Å². The van der Waals surface area contributed by atoms with E-state index in [2.05, 4.69) is 15.6 Å². The van der Waals surface area contributed by atoms with Crippen LogP contribution in [0, 0.1) is 0 Å². The van der Waals surface area contributed by atoms with Crippen molar-refractivity contribution in [3.05, 3.63) is 11.9 Å². The normalized spacial score (nSPS) is 16.3. The maximum atomic E-state index is 12.2. The van der Waals surface area contributed by atoms with Gasteiger partial charge >= 0.3 is 5.97 Å². The molecule has 0 saturated heterocycles. The van der Waals surface area contributed by atoms with E-state index in [-0.39, 0.29) is 18.1 Å². The fourth-order valence-electron chi connectivity index (χ4n) is 2.41. The molecule has 0 aromatic carbocycles. The lowest BCUT2D eigenvalue weighted by Crippen LogP contribution is -2.52. The summed E-state index contributed by atoms with van der Waals surface area (Å²) < 4.78 is 1.25. The largest absolute Gasteiger partial charge is 0.480 e. The van der Waals surface area contributed by atoms with E-state index in [1.807, 2.05) is 0 Å². The van der Waals surface area contributed by atoms with Crippen molar-refractivity contribution in [2.45, 2.75) is 37.8 Å². The zero-order valence-electron chi connectivity index (χ0n) is 12.6. The summed E-state index contributed by atoms with van der Waals surface area (Å²) in [6.45, 7) is -0.0304. The second-order valence-electron chi connectivity index (χ2n) is 5.64. The summed E-state index contributed by atoms with van der Waals surface area (Å²) in [5.41, 5.74) is -1.22. The second kappa shape index (κ2) is 6.12. The second-order valence-corrected chi connectivity index (χ2v) is 5.64. The number of carboxylic acids is 1. The number of aromatic nitrogens is 3. The van der Waals surface area contributed by atoms with Gasteiger partial charge in [-0.15, -0.1) is 5.10 Å². The summed E-state index contributed by atoms with van der Waals surface area (Å²) in [6, 6.07) is 0. The highest BCUT2D eigenvalue weighted by molar-refractivity contribution is 5.96. The molecule has 1 aliphatic rings. The van der Waals surface area contributed by atoms with Gasteiger partial charge in [0, 0.05) is 14.1 Å². The molecule has 1 aromatic rings. The SMILES string of the molecule is CN(C)C(=O)Cn1cc(C(=O)NC2(C(=O)O)CCCC2)nn1. The molecule has 120 valence electrons. The Balaban J connectivity index is 2.06. The lowest BCUT2D eigenvalue weighted by atomic mass is 9.98. The summed E-state index contributed by atoms with van der Waals surface area (Å²) in [6.07, 6.45) is 3.66. The van der Waals surface area contributed by atoms with Gasteiger partial charge in [0.25, 0.3) is 5.91 Å². The van der Waals surface area contributed by atoms with Crippen molar-refractivity contribution in [3.8, 4) is 0 Å². The summed E-state index contributed by atoms with van der Waals surface area (Å²) in [7, 11) is 3.23. The van der Waals surface area contributed by atoms with Crippen molar-refractivity contribution in [1.29, 1.82) is 0 Å². The minimum atomic E-state index is -1.22. The molecule has 0 aliphatic heterocycles. The van der Waals surface area contributed by atoms with Crippen molar-refractivity contribution < 1.29 is 19.5 Å². The number of aliphatic carboxylic acids is 1. The van der Waals surface area contributed by atoms with Crippen molar-refractivity contribution in [2.75, 3.05) is 14.1 Å². The number of carboxylic acid groups (broad SMARTS) is 1. The topological polar surface area (TPSA) is 117 Å². The third-order valence-electron chi connectivity index (χ3n) is 3.79. The van der Waals surface area contributed by atoms with Gasteiger partial charge in [-0.25, -0.2) is 9.48 Å². The van der Waals surface area contributed by atoms with Crippen LogP contribution in [0.25, 0.3) is 0 Å². The quantitative estimate of drug-likeness (QED) is 0.756. The molecule has 0 unspecified atom stereocenters. The molecule has 2 rings (SSSR count). The van der Waals surface area contributed by atoms with Gasteiger partial charge in [0.1, 0.15) is 12.1 Å². The van der Waals surface area contributed by atoms with Crippen LogP contribution in [0.4, 0.5) is 0 Å². The molecular weight excluding hydrogens is 290 g/mol. The average Bonchev–Trinajstić information content (AvgIpc) is 3.08. The van der Waals surface area contributed by atoms with Crippen LogP contribution in [-0.2, 0) is 16.1 Å². The lowest BCUT2D eigenvalue weighted by Gasteiger charge is -2.24. The third-order valence-corrected chi connectivity index (χ3v) is 3.79. The Morgan fingerprint density at radius 1 is 1.36 bits per heavy atom. The van der Waals surface area contributed by atoms with E-state index in [4.69, 9.17) is 0 Å². The van der Waals surface area contributed by atoms with Gasteiger partial charge in [-0.05, 0) is 12.8 Å². The van der Waals surface area contributed by atoms with E-state index in [0.29, 0.717) is 12.8 Å². The van der Waals surface area contributed by atoms with Crippen LogP contribution in [0.5, 0.6) is 0 Å². The van der Waals surface area contributed by atoms with Gasteiger partial charge < -0.3 is 15.3 Å². The molecule has 9 nitrogen and oxygen atoms in total. The Morgan fingerprint density at radius 3 is 2.55 bits per heavy atom. The molecule has 1 fully saturated rings. The fourth-order valence-corrected chi connectivity index (χ4v) is 2.41. The molecule has 9 heteroatoms. The number of nitrogens with zero attached hydrogens (tertiary/aromatic N) is 4. The molecule has 0 atom stereocenters. The van der Waals surface area contributed by atoms with E-state index in [1.165, 1.54) is 15.8 Å². The van der Waals surface area contributed by atoms with Gasteiger partial charge in [-0.3, -0.25) is 9.59 Å².